The molecule has 1 heterocycles. The number of imidazole rings is 1. The molecule has 192 valence electrons. The number of aryl methyl sites for hydroxylation is 1. The Labute approximate surface area is 214 Å². The molecular weight excluding hydrogens is 474 g/mol. The molecule has 2 aromatic carbocycles. The Morgan fingerprint density at radius 3 is 2.44 bits per heavy atom. The van der Waals surface area contributed by atoms with Crippen LogP contribution in [0, 0.1) is 18.8 Å². The van der Waals surface area contributed by atoms with Crippen molar-refractivity contribution in [2.24, 2.45) is 11.8 Å². The van der Waals surface area contributed by atoms with E-state index in [-0.39, 0.29) is 22.7 Å². The standard InChI is InChI=1S/C28H35N3O4S/c1-20(2)16-31-25(15-29-28(31)36(33,34)19-24-8-6-5-7-21(24)3)18-30(17-22-9-10-22)27(32)23-11-13-26(35-4)14-12-23/h5-8,11-15,20,22H,9-10,16-19H2,1-4H3. The first-order chi connectivity index (χ1) is 17.2. The Hall–Kier alpha value is -3.13. The van der Waals surface area contributed by atoms with Gasteiger partial charge < -0.3 is 14.2 Å². The van der Waals surface area contributed by atoms with Gasteiger partial charge in [-0.1, -0.05) is 38.1 Å². The number of rotatable bonds is 11. The summed E-state index contributed by atoms with van der Waals surface area (Å²) in [6.45, 7) is 7.46. The van der Waals surface area contributed by atoms with Crippen molar-refractivity contribution >= 4 is 15.7 Å². The average Bonchev–Trinajstić information content (AvgIpc) is 3.58. The van der Waals surface area contributed by atoms with Gasteiger partial charge in [0, 0.05) is 18.7 Å². The molecule has 36 heavy (non-hydrogen) atoms. The highest BCUT2D eigenvalue weighted by Crippen LogP contribution is 2.31. The maximum atomic E-state index is 13.5. The van der Waals surface area contributed by atoms with Gasteiger partial charge in [0.1, 0.15) is 5.75 Å². The summed E-state index contributed by atoms with van der Waals surface area (Å²) in [7, 11) is -2.09. The number of ether oxygens (including phenoxy) is 1. The first kappa shape index (κ1) is 25.9. The van der Waals surface area contributed by atoms with Gasteiger partial charge in [0.25, 0.3) is 5.91 Å². The first-order valence-corrected chi connectivity index (χ1v) is 14.1. The van der Waals surface area contributed by atoms with Gasteiger partial charge in [0.15, 0.2) is 0 Å². The van der Waals surface area contributed by atoms with Crippen LogP contribution >= 0.6 is 0 Å². The monoisotopic (exact) mass is 509 g/mol. The van der Waals surface area contributed by atoms with Gasteiger partial charge in [-0.2, -0.15) is 0 Å². The lowest BCUT2D eigenvalue weighted by Gasteiger charge is -2.24. The van der Waals surface area contributed by atoms with Crippen molar-refractivity contribution < 1.29 is 17.9 Å². The lowest BCUT2D eigenvalue weighted by molar-refractivity contribution is 0.0730. The van der Waals surface area contributed by atoms with Crippen LogP contribution in [0.15, 0.2) is 59.9 Å². The SMILES string of the molecule is COc1ccc(C(=O)N(Cc2cnc(S(=O)(=O)Cc3ccccc3C)n2CC(C)C)CC2CC2)cc1. The van der Waals surface area contributed by atoms with E-state index in [4.69, 9.17) is 4.74 Å². The van der Waals surface area contributed by atoms with Crippen LogP contribution in [-0.2, 0) is 28.7 Å². The topological polar surface area (TPSA) is 81.5 Å². The highest BCUT2D eigenvalue weighted by molar-refractivity contribution is 7.90. The number of sulfone groups is 1. The fourth-order valence-electron chi connectivity index (χ4n) is 4.31. The molecule has 0 atom stereocenters. The summed E-state index contributed by atoms with van der Waals surface area (Å²) in [5.41, 5.74) is 3.01. The van der Waals surface area contributed by atoms with Crippen LogP contribution in [0.5, 0.6) is 5.75 Å². The fourth-order valence-corrected chi connectivity index (χ4v) is 5.91. The number of hydrogen-bond acceptors (Lipinski definition) is 5. The molecule has 1 aliphatic rings. The Bertz CT molecular complexity index is 1310. The van der Waals surface area contributed by atoms with Gasteiger partial charge in [-0.05, 0) is 67.0 Å². The van der Waals surface area contributed by atoms with Gasteiger partial charge in [-0.3, -0.25) is 4.79 Å². The second kappa shape index (κ2) is 10.9. The molecule has 8 heteroatoms. The second-order valence-electron chi connectivity index (χ2n) is 10.1. The average molecular weight is 510 g/mol. The highest BCUT2D eigenvalue weighted by Gasteiger charge is 2.30. The number of carbonyl (C=O) groups excluding carboxylic acids is 1. The van der Waals surface area contributed by atoms with Crippen LogP contribution in [0.25, 0.3) is 0 Å². The zero-order valence-corrected chi connectivity index (χ0v) is 22.3. The molecule has 0 bridgehead atoms. The number of benzene rings is 2. The number of carbonyl (C=O) groups is 1. The summed E-state index contributed by atoms with van der Waals surface area (Å²) >= 11 is 0. The van der Waals surface area contributed by atoms with Gasteiger partial charge >= 0.3 is 0 Å². The number of nitrogens with zero attached hydrogens (tertiary/aromatic N) is 3. The van der Waals surface area contributed by atoms with Crippen LogP contribution in [-0.4, -0.2) is 42.4 Å². The van der Waals surface area contributed by atoms with E-state index in [0.717, 1.165) is 29.7 Å². The largest absolute Gasteiger partial charge is 0.497 e. The molecule has 0 radical (unpaired) electrons. The Kier molecular flexibility index (Phi) is 7.83. The maximum Gasteiger partial charge on any atom is 0.254 e. The zero-order chi connectivity index (χ0) is 25.9. The summed E-state index contributed by atoms with van der Waals surface area (Å²) in [4.78, 5) is 19.7. The number of amides is 1. The molecule has 0 saturated heterocycles. The van der Waals surface area contributed by atoms with Crippen molar-refractivity contribution in [1.29, 1.82) is 0 Å². The van der Waals surface area contributed by atoms with Gasteiger partial charge in [0.2, 0.25) is 15.0 Å². The number of methoxy groups -OCH3 is 1. The predicted molar refractivity (Wildman–Crippen MR) is 140 cm³/mol. The smallest absolute Gasteiger partial charge is 0.254 e. The van der Waals surface area contributed by atoms with E-state index in [9.17, 15) is 13.2 Å². The number of hydrogen-bond donors (Lipinski definition) is 0. The molecule has 1 aliphatic carbocycles. The molecule has 4 rings (SSSR count). The van der Waals surface area contributed by atoms with Crippen molar-refractivity contribution in [2.75, 3.05) is 13.7 Å². The Morgan fingerprint density at radius 2 is 1.83 bits per heavy atom. The van der Waals surface area contributed by atoms with Crippen LogP contribution in [0.1, 0.15) is 53.9 Å². The molecule has 0 N–H and O–H groups in total. The van der Waals surface area contributed by atoms with Crippen LogP contribution in [0.4, 0.5) is 0 Å². The van der Waals surface area contributed by atoms with Crippen LogP contribution in [0.3, 0.4) is 0 Å². The number of aromatic nitrogens is 2. The quantitative estimate of drug-likeness (QED) is 0.368. The van der Waals surface area contributed by atoms with E-state index in [2.05, 4.69) is 4.98 Å². The van der Waals surface area contributed by atoms with Crippen LogP contribution in [0.2, 0.25) is 0 Å². The summed E-state index contributed by atoms with van der Waals surface area (Å²) in [5, 5.41) is 0.0673. The van der Waals surface area contributed by atoms with Crippen molar-refractivity contribution in [1.82, 2.24) is 14.5 Å². The third kappa shape index (κ3) is 6.16. The fraction of sp³-hybridized carbons (Fsp3) is 0.429. The van der Waals surface area contributed by atoms with E-state index in [1.165, 1.54) is 0 Å². The summed E-state index contributed by atoms with van der Waals surface area (Å²) in [6, 6.07) is 14.6. The molecule has 3 aromatic rings. The predicted octanol–water partition coefficient (Wildman–Crippen LogP) is 4.88. The molecule has 1 saturated carbocycles. The van der Waals surface area contributed by atoms with Crippen molar-refractivity contribution in [3.63, 3.8) is 0 Å². The normalized spacial score (nSPS) is 13.7. The molecular formula is C28H35N3O4S. The Morgan fingerprint density at radius 1 is 1.14 bits per heavy atom. The Balaban J connectivity index is 1.64. The van der Waals surface area contributed by atoms with E-state index in [1.807, 2.05) is 49.9 Å². The lowest BCUT2D eigenvalue weighted by atomic mass is 10.1. The van der Waals surface area contributed by atoms with Gasteiger partial charge in [0.05, 0.1) is 31.3 Å². The van der Waals surface area contributed by atoms with E-state index in [0.29, 0.717) is 36.9 Å². The molecule has 0 aliphatic heterocycles. The minimum absolute atomic E-state index is 0.0673. The van der Waals surface area contributed by atoms with E-state index >= 15 is 0 Å². The summed E-state index contributed by atoms with van der Waals surface area (Å²) in [5.74, 6) is 1.20. The maximum absolute atomic E-state index is 13.5. The second-order valence-corrected chi connectivity index (χ2v) is 12.0. The molecule has 1 aromatic heterocycles. The first-order valence-electron chi connectivity index (χ1n) is 12.4. The van der Waals surface area contributed by atoms with Gasteiger partial charge in [-0.15, -0.1) is 0 Å². The highest BCUT2D eigenvalue weighted by atomic mass is 32.2. The zero-order valence-electron chi connectivity index (χ0n) is 21.5. The third-order valence-corrected chi connectivity index (χ3v) is 8.06. The molecule has 0 spiro atoms. The van der Waals surface area contributed by atoms with E-state index in [1.54, 1.807) is 42.1 Å². The minimum atomic E-state index is -3.68. The molecule has 7 nitrogen and oxygen atoms in total. The molecule has 1 fully saturated rings. The minimum Gasteiger partial charge on any atom is -0.497 e. The third-order valence-electron chi connectivity index (χ3n) is 6.49. The van der Waals surface area contributed by atoms with Crippen molar-refractivity contribution in [3.05, 3.63) is 77.1 Å². The molecule has 1 amide bonds. The van der Waals surface area contributed by atoms with Crippen LogP contribution < -0.4 is 4.74 Å². The van der Waals surface area contributed by atoms with E-state index < -0.39 is 9.84 Å². The van der Waals surface area contributed by atoms with Crippen molar-refractivity contribution in [3.8, 4) is 5.75 Å². The summed E-state index contributed by atoms with van der Waals surface area (Å²) < 4.78 is 34.0. The molecule has 0 unspecified atom stereocenters. The van der Waals surface area contributed by atoms with Crippen molar-refractivity contribution in [2.45, 2.75) is 57.6 Å². The van der Waals surface area contributed by atoms with Gasteiger partial charge in [-0.25, -0.2) is 13.4 Å². The lowest BCUT2D eigenvalue weighted by Crippen LogP contribution is -2.33. The summed E-state index contributed by atoms with van der Waals surface area (Å²) in [6.07, 6.45) is 3.83.